The molecule has 260 valence electrons. The van der Waals surface area contributed by atoms with Gasteiger partial charge in [0, 0.05) is 27.5 Å². The minimum Gasteiger partial charge on any atom is -0.456 e. The molecule has 56 heavy (non-hydrogen) atoms. The summed E-state index contributed by atoms with van der Waals surface area (Å²) < 4.78 is 6.14. The summed E-state index contributed by atoms with van der Waals surface area (Å²) in [5.41, 5.74) is 16.9. The molecule has 0 saturated heterocycles. The Bertz CT molecular complexity index is 3130. The Labute approximate surface area is 323 Å². The van der Waals surface area contributed by atoms with Gasteiger partial charge >= 0.3 is 0 Å². The third-order valence-electron chi connectivity index (χ3n) is 11.8. The maximum Gasteiger partial charge on any atom is 0.164 e. The number of hydrogen-bond donors (Lipinski definition) is 0. The summed E-state index contributed by atoms with van der Waals surface area (Å²) >= 11 is 0. The van der Waals surface area contributed by atoms with Crippen molar-refractivity contribution in [2.75, 3.05) is 0 Å². The molecule has 0 aliphatic heterocycles. The molecule has 0 radical (unpaired) electrons. The van der Waals surface area contributed by atoms with Crippen LogP contribution >= 0.6 is 0 Å². The molecule has 8 aromatic carbocycles. The first-order chi connectivity index (χ1) is 27.8. The summed E-state index contributed by atoms with van der Waals surface area (Å²) in [7, 11) is 0. The van der Waals surface area contributed by atoms with Crippen molar-refractivity contribution in [1.29, 1.82) is 0 Å². The second kappa shape index (κ2) is 11.8. The first-order valence-electron chi connectivity index (χ1n) is 19.0. The first kappa shape index (κ1) is 31.0. The largest absolute Gasteiger partial charge is 0.456 e. The lowest BCUT2D eigenvalue weighted by molar-refractivity contribution is 0.669. The maximum absolute atomic E-state index is 6.14. The zero-order valence-corrected chi connectivity index (χ0v) is 30.1. The van der Waals surface area contributed by atoms with E-state index in [0.29, 0.717) is 17.5 Å². The number of fused-ring (bicyclic) bond motifs is 13. The van der Waals surface area contributed by atoms with Gasteiger partial charge in [-0.1, -0.05) is 164 Å². The Morgan fingerprint density at radius 3 is 1.46 bits per heavy atom. The normalized spacial score (nSPS) is 13.1. The van der Waals surface area contributed by atoms with E-state index in [4.69, 9.17) is 19.4 Å². The van der Waals surface area contributed by atoms with E-state index in [2.05, 4.69) is 127 Å². The van der Waals surface area contributed by atoms with E-state index in [1.165, 1.54) is 50.1 Å². The van der Waals surface area contributed by atoms with Crippen molar-refractivity contribution in [3.63, 3.8) is 0 Å². The predicted octanol–water partition coefficient (Wildman–Crippen LogP) is 12.8. The van der Waals surface area contributed by atoms with Gasteiger partial charge in [-0.15, -0.1) is 0 Å². The molecule has 0 fully saturated rings. The van der Waals surface area contributed by atoms with Crippen LogP contribution in [0.1, 0.15) is 22.3 Å². The van der Waals surface area contributed by atoms with Crippen molar-refractivity contribution in [3.05, 3.63) is 210 Å². The van der Waals surface area contributed by atoms with Gasteiger partial charge in [0.05, 0.1) is 5.41 Å². The van der Waals surface area contributed by atoms with E-state index in [1.54, 1.807) is 0 Å². The van der Waals surface area contributed by atoms with Crippen LogP contribution in [0.3, 0.4) is 0 Å². The first-order valence-corrected chi connectivity index (χ1v) is 19.0. The molecule has 0 amide bonds. The summed E-state index contributed by atoms with van der Waals surface area (Å²) in [6.07, 6.45) is 0. The Morgan fingerprint density at radius 2 is 0.786 bits per heavy atom. The topological polar surface area (TPSA) is 51.8 Å². The standard InChI is InChI=1S/C52H31N3O/c1-2-13-33(14-3-1)49-53-50(55-51(54-49)35-29-30-47-42(31-35)40-18-7-11-24-46(40)56-47)34-27-25-32(26-28-34)36-19-12-20-41-39-17-6-10-23-45(39)52(48(36)41)43-21-8-4-15-37(43)38-16-5-9-22-44(38)52/h1-31H. The number of benzene rings is 8. The lowest BCUT2D eigenvalue weighted by Crippen LogP contribution is -2.26. The molecule has 2 heterocycles. The summed E-state index contributed by atoms with van der Waals surface area (Å²) in [6, 6.07) is 66.9. The van der Waals surface area contributed by atoms with Crippen molar-refractivity contribution in [1.82, 2.24) is 15.0 Å². The molecule has 1 spiro atoms. The van der Waals surface area contributed by atoms with Gasteiger partial charge in [0.1, 0.15) is 11.2 Å². The third-order valence-corrected chi connectivity index (χ3v) is 11.8. The third kappa shape index (κ3) is 4.32. The fraction of sp³-hybridized carbons (Fsp3) is 0.0192. The van der Waals surface area contributed by atoms with Crippen molar-refractivity contribution in [3.8, 4) is 67.5 Å². The van der Waals surface area contributed by atoms with E-state index < -0.39 is 5.41 Å². The molecule has 0 saturated carbocycles. The Balaban J connectivity index is 1.02. The smallest absolute Gasteiger partial charge is 0.164 e. The fourth-order valence-electron chi connectivity index (χ4n) is 9.41. The number of para-hydroxylation sites is 1. The van der Waals surface area contributed by atoms with Crippen molar-refractivity contribution in [2.45, 2.75) is 5.41 Å². The summed E-state index contributed by atoms with van der Waals surface area (Å²) in [5, 5.41) is 2.10. The lowest BCUT2D eigenvalue weighted by atomic mass is 9.68. The Morgan fingerprint density at radius 1 is 0.321 bits per heavy atom. The van der Waals surface area contributed by atoms with Crippen molar-refractivity contribution < 1.29 is 4.42 Å². The van der Waals surface area contributed by atoms with Crippen LogP contribution in [-0.2, 0) is 5.41 Å². The summed E-state index contributed by atoms with van der Waals surface area (Å²) in [6.45, 7) is 0. The Hall–Kier alpha value is -7.43. The molecule has 4 heteroatoms. The predicted molar refractivity (Wildman–Crippen MR) is 225 cm³/mol. The summed E-state index contributed by atoms with van der Waals surface area (Å²) in [5.74, 6) is 1.87. The van der Waals surface area contributed by atoms with Crippen LogP contribution in [0.25, 0.3) is 89.5 Å². The van der Waals surface area contributed by atoms with Crippen LogP contribution < -0.4 is 0 Å². The molecule has 2 aliphatic rings. The van der Waals surface area contributed by atoms with Gasteiger partial charge in [0.2, 0.25) is 0 Å². The van der Waals surface area contributed by atoms with E-state index in [0.717, 1.165) is 44.2 Å². The van der Waals surface area contributed by atoms with Gasteiger partial charge in [-0.3, -0.25) is 0 Å². The van der Waals surface area contributed by atoms with Crippen LogP contribution in [0.4, 0.5) is 0 Å². The SMILES string of the molecule is c1ccc(-c2nc(-c3ccc(-c4cccc5c4C4(c6ccccc6-c6ccccc64)c4ccccc4-5)cc3)nc(-c3ccc4oc5ccccc5c4c3)n2)cc1. The van der Waals surface area contributed by atoms with E-state index in [1.807, 2.05) is 60.7 Å². The van der Waals surface area contributed by atoms with Gasteiger partial charge in [0.15, 0.2) is 17.5 Å². The number of furan rings is 1. The molecule has 0 bridgehead atoms. The van der Waals surface area contributed by atoms with Gasteiger partial charge < -0.3 is 4.42 Å². The van der Waals surface area contributed by atoms with Crippen LogP contribution in [0, 0.1) is 0 Å². The average molecular weight is 714 g/mol. The van der Waals surface area contributed by atoms with Gasteiger partial charge in [-0.2, -0.15) is 0 Å². The lowest BCUT2D eigenvalue weighted by Gasteiger charge is -2.32. The molecule has 2 aromatic heterocycles. The van der Waals surface area contributed by atoms with Crippen molar-refractivity contribution >= 4 is 21.9 Å². The Kier molecular flexibility index (Phi) is 6.52. The van der Waals surface area contributed by atoms with E-state index in [9.17, 15) is 0 Å². The zero-order chi connectivity index (χ0) is 36.8. The number of aromatic nitrogens is 3. The molecule has 0 N–H and O–H groups in total. The highest BCUT2D eigenvalue weighted by atomic mass is 16.3. The molecule has 4 nitrogen and oxygen atoms in total. The monoisotopic (exact) mass is 713 g/mol. The molecule has 2 aliphatic carbocycles. The minimum absolute atomic E-state index is 0.427. The summed E-state index contributed by atoms with van der Waals surface area (Å²) in [4.78, 5) is 15.2. The zero-order valence-electron chi connectivity index (χ0n) is 30.1. The van der Waals surface area contributed by atoms with Crippen LogP contribution in [-0.4, -0.2) is 15.0 Å². The molecule has 12 rings (SSSR count). The van der Waals surface area contributed by atoms with E-state index >= 15 is 0 Å². The average Bonchev–Trinajstić information content (AvgIpc) is 3.90. The maximum atomic E-state index is 6.14. The highest BCUT2D eigenvalue weighted by molar-refractivity contribution is 6.06. The molecule has 0 atom stereocenters. The van der Waals surface area contributed by atoms with Gasteiger partial charge in [0.25, 0.3) is 0 Å². The molecule has 10 aromatic rings. The molecular formula is C52H31N3O. The van der Waals surface area contributed by atoms with Gasteiger partial charge in [-0.05, 0) is 79.9 Å². The number of nitrogens with zero attached hydrogens (tertiary/aromatic N) is 3. The fourth-order valence-corrected chi connectivity index (χ4v) is 9.41. The molecular weight excluding hydrogens is 683 g/mol. The van der Waals surface area contributed by atoms with Crippen LogP contribution in [0.5, 0.6) is 0 Å². The van der Waals surface area contributed by atoms with Crippen molar-refractivity contribution in [2.24, 2.45) is 0 Å². The van der Waals surface area contributed by atoms with Gasteiger partial charge in [-0.25, -0.2) is 15.0 Å². The van der Waals surface area contributed by atoms with Crippen LogP contribution in [0.15, 0.2) is 192 Å². The second-order valence-electron chi connectivity index (χ2n) is 14.7. The second-order valence-corrected chi connectivity index (χ2v) is 14.7. The highest BCUT2D eigenvalue weighted by Crippen LogP contribution is 2.64. The number of rotatable bonds is 4. The highest BCUT2D eigenvalue weighted by Gasteiger charge is 2.52. The molecule has 0 unspecified atom stereocenters. The quantitative estimate of drug-likeness (QED) is 0.182. The number of hydrogen-bond acceptors (Lipinski definition) is 4. The van der Waals surface area contributed by atoms with Crippen LogP contribution in [0.2, 0.25) is 0 Å². The minimum atomic E-state index is -0.427. The van der Waals surface area contributed by atoms with E-state index in [-0.39, 0.29) is 0 Å².